The fraction of sp³-hybridized carbons (Fsp3) is 0.500. The molecular weight excluding hydrogens is 320 g/mol. The number of carbonyl (C=O) groups is 1. The number of ether oxygens (including phenoxy) is 2. The number of nitrogens with zero attached hydrogens (tertiary/aromatic N) is 2. The number of nitrogens with one attached hydrogen (secondary N) is 1. The Hall–Kier alpha value is -2.22. The first-order valence-corrected chi connectivity index (χ1v) is 7.96. The summed E-state index contributed by atoms with van der Waals surface area (Å²) in [6, 6.07) is 4.30. The normalized spacial score (nSPS) is 26.0. The topological polar surface area (TPSA) is 67.5 Å². The number of fused-ring (bicyclic) bond motifs is 4. The smallest absolute Gasteiger partial charge is 0.387 e. The first-order chi connectivity index (χ1) is 11.6. The first-order valence-electron chi connectivity index (χ1n) is 7.96. The molecule has 3 aliphatic rings. The van der Waals surface area contributed by atoms with E-state index < -0.39 is 12.6 Å². The Kier molecular flexibility index (Phi) is 3.84. The van der Waals surface area contributed by atoms with Crippen molar-refractivity contribution >= 4 is 16.9 Å². The van der Waals surface area contributed by atoms with Gasteiger partial charge in [0.2, 0.25) is 0 Å². The number of rotatable bonds is 4. The molecule has 128 valence electrons. The number of piperidine rings is 3. The predicted molar refractivity (Wildman–Crippen MR) is 81.1 cm³/mol. The molecule has 6 nitrogen and oxygen atoms in total. The van der Waals surface area contributed by atoms with Gasteiger partial charge >= 0.3 is 12.6 Å². The fourth-order valence-electron chi connectivity index (χ4n) is 3.57. The summed E-state index contributed by atoms with van der Waals surface area (Å²) >= 11 is 0. The summed E-state index contributed by atoms with van der Waals surface area (Å²) in [5.74, 6) is -0.0591. The summed E-state index contributed by atoms with van der Waals surface area (Å²) in [6.07, 6.45) is 1.99. The average Bonchev–Trinajstić information content (AvgIpc) is 2.98. The van der Waals surface area contributed by atoms with Crippen LogP contribution < -0.4 is 4.74 Å². The number of hydrogen-bond acceptors (Lipinski definition) is 5. The maximum Gasteiger partial charge on any atom is 0.387 e. The molecule has 3 aliphatic heterocycles. The second kappa shape index (κ2) is 6.01. The Morgan fingerprint density at radius 2 is 2.12 bits per heavy atom. The predicted octanol–water partition coefficient (Wildman–Crippen LogP) is 2.42. The third-order valence-electron chi connectivity index (χ3n) is 4.81. The molecule has 2 aromatic rings. The molecule has 2 bridgehead atoms. The van der Waals surface area contributed by atoms with E-state index in [2.05, 4.69) is 19.8 Å². The Bertz CT molecular complexity index is 756. The van der Waals surface area contributed by atoms with Crippen molar-refractivity contribution in [2.24, 2.45) is 5.92 Å². The van der Waals surface area contributed by atoms with Crippen LogP contribution in [0.3, 0.4) is 0 Å². The third-order valence-corrected chi connectivity index (χ3v) is 4.81. The summed E-state index contributed by atoms with van der Waals surface area (Å²) in [5.41, 5.74) is 0.624. The van der Waals surface area contributed by atoms with Gasteiger partial charge in [0.05, 0.1) is 5.52 Å². The van der Waals surface area contributed by atoms with Crippen molar-refractivity contribution in [3.8, 4) is 5.75 Å². The average molecular weight is 337 g/mol. The number of H-pyrrole nitrogens is 1. The number of esters is 1. The van der Waals surface area contributed by atoms with E-state index in [9.17, 15) is 13.6 Å². The minimum Gasteiger partial charge on any atom is -0.456 e. The molecule has 0 saturated carbocycles. The van der Waals surface area contributed by atoms with Crippen LogP contribution in [0, 0.1) is 5.92 Å². The molecule has 5 rings (SSSR count). The van der Waals surface area contributed by atoms with Crippen LogP contribution in [-0.2, 0) is 4.74 Å². The maximum atomic E-state index is 12.5. The van der Waals surface area contributed by atoms with E-state index in [0.717, 1.165) is 32.5 Å². The van der Waals surface area contributed by atoms with Crippen molar-refractivity contribution in [3.63, 3.8) is 0 Å². The molecule has 0 aliphatic carbocycles. The highest BCUT2D eigenvalue weighted by Gasteiger charge is 2.37. The molecule has 0 amide bonds. The van der Waals surface area contributed by atoms with Gasteiger partial charge in [0.1, 0.15) is 11.9 Å². The van der Waals surface area contributed by atoms with Gasteiger partial charge in [-0.3, -0.25) is 10.00 Å². The number of hydrogen-bond donors (Lipinski definition) is 1. The van der Waals surface area contributed by atoms with Gasteiger partial charge in [-0.25, -0.2) is 4.79 Å². The van der Waals surface area contributed by atoms with Crippen molar-refractivity contribution in [2.75, 3.05) is 19.6 Å². The number of carbonyl (C=O) groups excluding carboxylic acids is 1. The molecule has 1 aromatic carbocycles. The van der Waals surface area contributed by atoms with Crippen LogP contribution in [0.4, 0.5) is 8.78 Å². The van der Waals surface area contributed by atoms with Gasteiger partial charge in [-0.1, -0.05) is 0 Å². The summed E-state index contributed by atoms with van der Waals surface area (Å²) in [4.78, 5) is 14.8. The van der Waals surface area contributed by atoms with Crippen molar-refractivity contribution in [1.29, 1.82) is 0 Å². The number of halogens is 2. The highest BCUT2D eigenvalue weighted by molar-refractivity contribution is 6.02. The molecule has 1 aromatic heterocycles. The molecule has 3 fully saturated rings. The largest absolute Gasteiger partial charge is 0.456 e. The van der Waals surface area contributed by atoms with Gasteiger partial charge in [0.15, 0.2) is 5.69 Å². The van der Waals surface area contributed by atoms with Crippen LogP contribution in [0.5, 0.6) is 5.75 Å². The SMILES string of the molecule is O=C(OC1CN2CCC1CC2)c1n[nH]c2cc(OC(F)F)ccc12. The van der Waals surface area contributed by atoms with Crippen LogP contribution in [0.1, 0.15) is 23.3 Å². The molecule has 0 radical (unpaired) electrons. The van der Waals surface area contributed by atoms with E-state index in [1.807, 2.05) is 0 Å². The summed E-state index contributed by atoms with van der Waals surface area (Å²) in [5, 5.41) is 7.19. The zero-order valence-electron chi connectivity index (χ0n) is 12.9. The van der Waals surface area contributed by atoms with E-state index in [1.54, 1.807) is 0 Å². The van der Waals surface area contributed by atoms with Crippen molar-refractivity contribution < 1.29 is 23.0 Å². The lowest BCUT2D eigenvalue weighted by molar-refractivity contribution is -0.0498. The van der Waals surface area contributed by atoms with Gasteiger partial charge in [-0.2, -0.15) is 13.9 Å². The van der Waals surface area contributed by atoms with Crippen LogP contribution >= 0.6 is 0 Å². The Morgan fingerprint density at radius 3 is 2.79 bits per heavy atom. The van der Waals surface area contributed by atoms with Crippen molar-refractivity contribution in [1.82, 2.24) is 15.1 Å². The zero-order chi connectivity index (χ0) is 16.7. The van der Waals surface area contributed by atoms with E-state index in [4.69, 9.17) is 4.74 Å². The monoisotopic (exact) mass is 337 g/mol. The summed E-state index contributed by atoms with van der Waals surface area (Å²) in [6.45, 7) is 0.00513. The molecule has 1 N–H and O–H groups in total. The quantitative estimate of drug-likeness (QED) is 0.868. The molecular formula is C16H17F2N3O3. The highest BCUT2D eigenvalue weighted by atomic mass is 19.3. The number of alkyl halides is 2. The lowest BCUT2D eigenvalue weighted by atomic mass is 9.86. The van der Waals surface area contributed by atoms with Gasteiger partial charge in [0.25, 0.3) is 0 Å². The summed E-state index contributed by atoms with van der Waals surface area (Å²) < 4.78 is 34.5. The Morgan fingerprint density at radius 1 is 1.33 bits per heavy atom. The van der Waals surface area contributed by atoms with Crippen LogP contribution in [-0.4, -0.2) is 53.4 Å². The van der Waals surface area contributed by atoms with Gasteiger partial charge in [-0.05, 0) is 44.0 Å². The van der Waals surface area contributed by atoms with Crippen LogP contribution in [0.2, 0.25) is 0 Å². The van der Waals surface area contributed by atoms with Gasteiger partial charge in [-0.15, -0.1) is 0 Å². The Labute approximate surface area is 136 Å². The lowest BCUT2D eigenvalue weighted by Crippen LogP contribution is -2.51. The third kappa shape index (κ3) is 2.82. The van der Waals surface area contributed by atoms with E-state index >= 15 is 0 Å². The van der Waals surface area contributed by atoms with Crippen LogP contribution in [0.25, 0.3) is 10.9 Å². The van der Waals surface area contributed by atoms with E-state index in [0.29, 0.717) is 16.8 Å². The summed E-state index contributed by atoms with van der Waals surface area (Å²) in [7, 11) is 0. The number of benzene rings is 1. The van der Waals surface area contributed by atoms with E-state index in [-0.39, 0.29) is 17.5 Å². The van der Waals surface area contributed by atoms with Gasteiger partial charge in [0, 0.05) is 18.0 Å². The molecule has 1 unspecified atom stereocenters. The highest BCUT2D eigenvalue weighted by Crippen LogP contribution is 2.31. The fourth-order valence-corrected chi connectivity index (χ4v) is 3.57. The number of aromatic amines is 1. The molecule has 8 heteroatoms. The van der Waals surface area contributed by atoms with E-state index in [1.165, 1.54) is 18.2 Å². The maximum absolute atomic E-state index is 12.5. The molecule has 1 atom stereocenters. The van der Waals surface area contributed by atoms with Crippen LogP contribution in [0.15, 0.2) is 18.2 Å². The van der Waals surface area contributed by atoms with Gasteiger partial charge < -0.3 is 9.47 Å². The molecule has 4 heterocycles. The lowest BCUT2D eigenvalue weighted by Gasteiger charge is -2.43. The zero-order valence-corrected chi connectivity index (χ0v) is 12.9. The van der Waals surface area contributed by atoms with Crippen molar-refractivity contribution in [3.05, 3.63) is 23.9 Å². The second-order valence-electron chi connectivity index (χ2n) is 6.24. The molecule has 24 heavy (non-hydrogen) atoms. The number of aromatic nitrogens is 2. The minimum absolute atomic E-state index is 0.0125. The molecule has 3 saturated heterocycles. The molecule has 0 spiro atoms. The minimum atomic E-state index is -2.90. The second-order valence-corrected chi connectivity index (χ2v) is 6.24. The van der Waals surface area contributed by atoms with Crippen molar-refractivity contribution in [2.45, 2.75) is 25.6 Å². The standard InChI is InChI=1S/C16H17F2N3O3/c17-16(18)23-10-1-2-11-12(7-10)19-20-14(11)15(22)24-13-8-21-5-3-9(13)4-6-21/h1-2,7,9,13,16H,3-6,8H2,(H,19,20). The first kappa shape index (κ1) is 15.3. The Balaban J connectivity index is 1.52.